The maximum atomic E-state index is 10.2. The molecule has 4 nitrogen and oxygen atoms in total. The van der Waals surface area contributed by atoms with Crippen LogP contribution >= 0.6 is 0 Å². The molecule has 0 aromatic heterocycles. The van der Waals surface area contributed by atoms with Crippen molar-refractivity contribution in [2.45, 2.75) is 20.0 Å². The first kappa shape index (κ1) is 12.2. The number of aromatic hydroxyl groups is 1. The SMILES string of the molecule is COc1cc(C2CNCCO2)c(O)c(C)c1C. The van der Waals surface area contributed by atoms with Gasteiger partial charge in [-0.3, -0.25) is 0 Å². The van der Waals surface area contributed by atoms with Crippen LogP contribution in [0.2, 0.25) is 0 Å². The zero-order chi connectivity index (χ0) is 12.4. The highest BCUT2D eigenvalue weighted by Gasteiger charge is 2.22. The van der Waals surface area contributed by atoms with Crippen LogP contribution in [-0.2, 0) is 4.74 Å². The molecule has 0 aliphatic carbocycles. The van der Waals surface area contributed by atoms with E-state index >= 15 is 0 Å². The Balaban J connectivity index is 2.42. The molecule has 1 aliphatic heterocycles. The number of benzene rings is 1. The molecule has 1 fully saturated rings. The normalized spacial score (nSPS) is 20.3. The lowest BCUT2D eigenvalue weighted by atomic mass is 9.99. The lowest BCUT2D eigenvalue weighted by Crippen LogP contribution is -2.33. The number of nitrogens with one attached hydrogen (secondary N) is 1. The van der Waals surface area contributed by atoms with E-state index in [1.54, 1.807) is 7.11 Å². The van der Waals surface area contributed by atoms with Gasteiger partial charge in [0.15, 0.2) is 0 Å². The summed E-state index contributed by atoms with van der Waals surface area (Å²) in [7, 11) is 1.64. The van der Waals surface area contributed by atoms with Gasteiger partial charge in [-0.2, -0.15) is 0 Å². The van der Waals surface area contributed by atoms with Crippen molar-refractivity contribution in [1.29, 1.82) is 0 Å². The van der Waals surface area contributed by atoms with Gasteiger partial charge in [0.05, 0.1) is 19.8 Å². The largest absolute Gasteiger partial charge is 0.507 e. The van der Waals surface area contributed by atoms with Crippen LogP contribution in [-0.4, -0.2) is 31.9 Å². The Hall–Kier alpha value is -1.26. The fraction of sp³-hybridized carbons (Fsp3) is 0.538. The topological polar surface area (TPSA) is 50.7 Å². The third-order valence-electron chi connectivity index (χ3n) is 3.34. The average Bonchev–Trinajstić information content (AvgIpc) is 2.37. The molecule has 0 bridgehead atoms. The van der Waals surface area contributed by atoms with Crippen LogP contribution in [0.15, 0.2) is 6.07 Å². The quantitative estimate of drug-likeness (QED) is 0.821. The van der Waals surface area contributed by atoms with Crippen molar-refractivity contribution in [1.82, 2.24) is 5.32 Å². The molecule has 0 amide bonds. The Labute approximate surface area is 102 Å². The molecule has 1 saturated heterocycles. The van der Waals surface area contributed by atoms with E-state index < -0.39 is 0 Å². The first-order valence-corrected chi connectivity index (χ1v) is 5.84. The van der Waals surface area contributed by atoms with Gasteiger partial charge in [-0.05, 0) is 31.0 Å². The van der Waals surface area contributed by atoms with Gasteiger partial charge in [-0.15, -0.1) is 0 Å². The van der Waals surface area contributed by atoms with Gasteiger partial charge in [0, 0.05) is 18.7 Å². The summed E-state index contributed by atoms with van der Waals surface area (Å²) in [6, 6.07) is 1.87. The van der Waals surface area contributed by atoms with Gasteiger partial charge in [0.1, 0.15) is 11.5 Å². The molecule has 1 heterocycles. The highest BCUT2D eigenvalue weighted by Crippen LogP contribution is 2.37. The minimum absolute atomic E-state index is 0.100. The molecule has 1 unspecified atom stereocenters. The summed E-state index contributed by atoms with van der Waals surface area (Å²) in [5, 5.41) is 13.4. The van der Waals surface area contributed by atoms with Gasteiger partial charge in [-0.1, -0.05) is 0 Å². The number of phenols is 1. The first-order valence-electron chi connectivity index (χ1n) is 5.84. The van der Waals surface area contributed by atoms with E-state index in [0.29, 0.717) is 12.4 Å². The van der Waals surface area contributed by atoms with Crippen LogP contribution in [0.4, 0.5) is 0 Å². The Kier molecular flexibility index (Phi) is 3.54. The van der Waals surface area contributed by atoms with Gasteiger partial charge in [0.25, 0.3) is 0 Å². The van der Waals surface area contributed by atoms with E-state index in [1.807, 2.05) is 19.9 Å². The Morgan fingerprint density at radius 2 is 2.18 bits per heavy atom. The number of phenolic OH excluding ortho intramolecular Hbond substituents is 1. The fourth-order valence-electron chi connectivity index (χ4n) is 2.12. The van der Waals surface area contributed by atoms with Crippen LogP contribution < -0.4 is 10.1 Å². The standard InChI is InChI=1S/C13H19NO3/c1-8-9(2)13(15)10(6-11(8)16-3)12-7-14-4-5-17-12/h6,12,14-15H,4-5,7H2,1-3H3. The second-order valence-electron chi connectivity index (χ2n) is 4.33. The van der Waals surface area contributed by atoms with E-state index in [0.717, 1.165) is 35.5 Å². The lowest BCUT2D eigenvalue weighted by Gasteiger charge is -2.26. The van der Waals surface area contributed by atoms with Gasteiger partial charge in [-0.25, -0.2) is 0 Å². The Morgan fingerprint density at radius 1 is 1.41 bits per heavy atom. The van der Waals surface area contributed by atoms with E-state index in [-0.39, 0.29) is 6.10 Å². The Morgan fingerprint density at radius 3 is 2.76 bits per heavy atom. The molecule has 94 valence electrons. The molecule has 2 rings (SSSR count). The van der Waals surface area contributed by atoms with Crippen molar-refractivity contribution in [3.8, 4) is 11.5 Å². The second-order valence-corrected chi connectivity index (χ2v) is 4.33. The summed E-state index contributed by atoms with van der Waals surface area (Å²) in [5.41, 5.74) is 2.63. The number of hydrogen-bond donors (Lipinski definition) is 2. The monoisotopic (exact) mass is 237 g/mol. The molecular formula is C13H19NO3. The van der Waals surface area contributed by atoms with Crippen LogP contribution in [0, 0.1) is 13.8 Å². The predicted molar refractivity (Wildman–Crippen MR) is 65.7 cm³/mol. The molecule has 17 heavy (non-hydrogen) atoms. The molecule has 0 radical (unpaired) electrons. The van der Waals surface area contributed by atoms with E-state index in [2.05, 4.69) is 5.32 Å². The smallest absolute Gasteiger partial charge is 0.124 e. The predicted octanol–water partition coefficient (Wildman–Crippen LogP) is 1.68. The van der Waals surface area contributed by atoms with Crippen LogP contribution in [0.3, 0.4) is 0 Å². The van der Waals surface area contributed by atoms with E-state index in [1.165, 1.54) is 0 Å². The molecule has 1 aromatic carbocycles. The van der Waals surface area contributed by atoms with Crippen LogP contribution in [0.25, 0.3) is 0 Å². The molecule has 2 N–H and O–H groups in total. The first-order chi connectivity index (χ1) is 8.15. The molecule has 0 spiro atoms. The van der Waals surface area contributed by atoms with Crippen LogP contribution in [0.1, 0.15) is 22.8 Å². The zero-order valence-corrected chi connectivity index (χ0v) is 10.5. The minimum Gasteiger partial charge on any atom is -0.507 e. The summed E-state index contributed by atoms with van der Waals surface area (Å²) in [5.74, 6) is 1.11. The molecule has 1 aliphatic rings. The van der Waals surface area contributed by atoms with E-state index in [4.69, 9.17) is 9.47 Å². The average molecular weight is 237 g/mol. The maximum Gasteiger partial charge on any atom is 0.124 e. The van der Waals surface area contributed by atoms with Gasteiger partial charge in [0.2, 0.25) is 0 Å². The summed E-state index contributed by atoms with van der Waals surface area (Å²) >= 11 is 0. The van der Waals surface area contributed by atoms with Crippen molar-refractivity contribution in [3.05, 3.63) is 22.8 Å². The summed E-state index contributed by atoms with van der Waals surface area (Å²) in [6.07, 6.45) is -0.100. The van der Waals surface area contributed by atoms with E-state index in [9.17, 15) is 5.11 Å². The molecule has 0 saturated carbocycles. The van der Waals surface area contributed by atoms with Crippen molar-refractivity contribution in [2.75, 3.05) is 26.8 Å². The third kappa shape index (κ3) is 2.23. The summed E-state index contributed by atoms with van der Waals surface area (Å²) in [6.45, 7) is 6.09. The number of methoxy groups -OCH3 is 1. The fourth-order valence-corrected chi connectivity index (χ4v) is 2.12. The van der Waals surface area contributed by atoms with Crippen molar-refractivity contribution < 1.29 is 14.6 Å². The van der Waals surface area contributed by atoms with Gasteiger partial charge < -0.3 is 19.9 Å². The molecular weight excluding hydrogens is 218 g/mol. The lowest BCUT2D eigenvalue weighted by molar-refractivity contribution is 0.0261. The highest BCUT2D eigenvalue weighted by molar-refractivity contribution is 5.52. The number of morpholine rings is 1. The maximum absolute atomic E-state index is 10.2. The van der Waals surface area contributed by atoms with Crippen molar-refractivity contribution in [3.63, 3.8) is 0 Å². The number of rotatable bonds is 2. The number of hydrogen-bond acceptors (Lipinski definition) is 4. The van der Waals surface area contributed by atoms with Crippen LogP contribution in [0.5, 0.6) is 11.5 Å². The number of ether oxygens (including phenoxy) is 2. The van der Waals surface area contributed by atoms with Gasteiger partial charge >= 0.3 is 0 Å². The molecule has 4 heteroatoms. The summed E-state index contributed by atoms with van der Waals surface area (Å²) in [4.78, 5) is 0. The Bertz CT molecular complexity index is 412. The molecule has 1 atom stereocenters. The highest BCUT2D eigenvalue weighted by atomic mass is 16.5. The second kappa shape index (κ2) is 4.94. The third-order valence-corrected chi connectivity index (χ3v) is 3.34. The molecule has 1 aromatic rings. The minimum atomic E-state index is -0.100. The zero-order valence-electron chi connectivity index (χ0n) is 10.5. The summed E-state index contributed by atoms with van der Waals surface area (Å²) < 4.78 is 11.0. The van der Waals surface area contributed by atoms with Crippen molar-refractivity contribution >= 4 is 0 Å². The van der Waals surface area contributed by atoms with Crippen molar-refractivity contribution in [2.24, 2.45) is 0 Å².